The van der Waals surface area contributed by atoms with Crippen molar-refractivity contribution in [3.05, 3.63) is 46.5 Å². The summed E-state index contributed by atoms with van der Waals surface area (Å²) in [6, 6.07) is 5.88. The largest absolute Gasteiger partial charge is 0.360 e. The Morgan fingerprint density at radius 2 is 2.00 bits per heavy atom. The molecule has 0 bridgehead atoms. The standard InChI is InChI=1S/C24H30N4O4S/c1-15-5-7-21-19(13-15)20-14-18(6-8-22(20)25-21)24(29)27-9-4-10-28(12-11-27)33(30,31)23-16(2)26-32-17(23)3/h6,8,14-15,25H,4-5,7,9-13H2,1-3H3/t15-/m1/s1. The molecule has 8 nitrogen and oxygen atoms in total. The van der Waals surface area contributed by atoms with Crippen molar-refractivity contribution >= 4 is 26.8 Å². The summed E-state index contributed by atoms with van der Waals surface area (Å²) in [5.74, 6) is 0.890. The molecule has 1 N–H and O–H groups in total. The number of aromatic amines is 1. The fourth-order valence-corrected chi connectivity index (χ4v) is 6.98. The van der Waals surface area contributed by atoms with Crippen molar-refractivity contribution < 1.29 is 17.7 Å². The molecule has 0 radical (unpaired) electrons. The third kappa shape index (κ3) is 3.87. The van der Waals surface area contributed by atoms with Gasteiger partial charge in [-0.2, -0.15) is 4.31 Å². The monoisotopic (exact) mass is 470 g/mol. The van der Waals surface area contributed by atoms with Gasteiger partial charge in [-0.05, 0) is 69.2 Å². The zero-order valence-electron chi connectivity index (χ0n) is 19.3. The molecule has 3 aromatic rings. The molecule has 0 unspecified atom stereocenters. The first-order valence-corrected chi connectivity index (χ1v) is 13.1. The zero-order valence-corrected chi connectivity index (χ0v) is 20.2. The van der Waals surface area contributed by atoms with E-state index in [2.05, 4.69) is 17.1 Å². The summed E-state index contributed by atoms with van der Waals surface area (Å²) >= 11 is 0. The highest BCUT2D eigenvalue weighted by Crippen LogP contribution is 2.32. The van der Waals surface area contributed by atoms with E-state index < -0.39 is 10.0 Å². The molecule has 0 saturated carbocycles. The van der Waals surface area contributed by atoms with Crippen LogP contribution in [0.3, 0.4) is 0 Å². The minimum absolute atomic E-state index is 0.0488. The van der Waals surface area contributed by atoms with Gasteiger partial charge in [-0.3, -0.25) is 4.79 Å². The fraction of sp³-hybridized carbons (Fsp3) is 0.500. The van der Waals surface area contributed by atoms with Crippen molar-refractivity contribution in [2.75, 3.05) is 26.2 Å². The number of carbonyl (C=O) groups is 1. The van der Waals surface area contributed by atoms with Gasteiger partial charge in [-0.15, -0.1) is 0 Å². The molecular weight excluding hydrogens is 440 g/mol. The van der Waals surface area contributed by atoms with Crippen LogP contribution in [0.15, 0.2) is 27.6 Å². The molecule has 3 heterocycles. The third-order valence-corrected chi connectivity index (χ3v) is 9.13. The lowest BCUT2D eigenvalue weighted by Gasteiger charge is -2.22. The van der Waals surface area contributed by atoms with Gasteiger partial charge >= 0.3 is 0 Å². The highest BCUT2D eigenvalue weighted by atomic mass is 32.2. The van der Waals surface area contributed by atoms with Crippen LogP contribution in [0.25, 0.3) is 10.9 Å². The third-order valence-electron chi connectivity index (χ3n) is 6.99. The molecule has 1 aromatic carbocycles. The number of aromatic nitrogens is 2. The van der Waals surface area contributed by atoms with Crippen molar-refractivity contribution in [3.8, 4) is 0 Å². The first-order chi connectivity index (χ1) is 15.8. The van der Waals surface area contributed by atoms with Crippen LogP contribution in [0.5, 0.6) is 0 Å². The van der Waals surface area contributed by atoms with Crippen molar-refractivity contribution in [3.63, 3.8) is 0 Å². The Kier molecular flexibility index (Phi) is 5.56. The van der Waals surface area contributed by atoms with E-state index in [1.165, 1.54) is 22.0 Å². The zero-order chi connectivity index (χ0) is 23.3. The topological polar surface area (TPSA) is 99.5 Å². The van der Waals surface area contributed by atoms with Gasteiger partial charge in [0, 0.05) is 48.3 Å². The van der Waals surface area contributed by atoms with Crippen LogP contribution >= 0.6 is 0 Å². The van der Waals surface area contributed by atoms with E-state index in [0.717, 1.165) is 23.7 Å². The molecule has 0 spiro atoms. The van der Waals surface area contributed by atoms with Gasteiger partial charge in [0.25, 0.3) is 5.91 Å². The molecular formula is C24H30N4O4S. The first kappa shape index (κ1) is 22.2. The quantitative estimate of drug-likeness (QED) is 0.632. The van der Waals surface area contributed by atoms with Gasteiger partial charge in [0.1, 0.15) is 10.6 Å². The highest BCUT2D eigenvalue weighted by Gasteiger charge is 2.33. The van der Waals surface area contributed by atoms with Gasteiger partial charge in [0.15, 0.2) is 5.76 Å². The molecule has 1 fully saturated rings. The summed E-state index contributed by atoms with van der Waals surface area (Å²) < 4.78 is 32.9. The fourth-order valence-electron chi connectivity index (χ4n) is 5.22. The number of sulfonamides is 1. The van der Waals surface area contributed by atoms with Gasteiger partial charge < -0.3 is 14.4 Å². The summed E-state index contributed by atoms with van der Waals surface area (Å²) in [6.07, 6.45) is 3.85. The van der Waals surface area contributed by atoms with Crippen LogP contribution in [0.4, 0.5) is 0 Å². The lowest BCUT2D eigenvalue weighted by molar-refractivity contribution is 0.0764. The smallest absolute Gasteiger partial charge is 0.253 e. The molecule has 1 atom stereocenters. The molecule has 1 saturated heterocycles. The number of nitrogens with zero attached hydrogens (tertiary/aromatic N) is 3. The predicted molar refractivity (Wildman–Crippen MR) is 125 cm³/mol. The maximum absolute atomic E-state index is 13.4. The van der Waals surface area contributed by atoms with E-state index in [4.69, 9.17) is 4.52 Å². The van der Waals surface area contributed by atoms with Crippen molar-refractivity contribution in [1.82, 2.24) is 19.3 Å². The van der Waals surface area contributed by atoms with Crippen LogP contribution in [0.2, 0.25) is 0 Å². The van der Waals surface area contributed by atoms with Gasteiger partial charge in [0.2, 0.25) is 10.0 Å². The van der Waals surface area contributed by atoms with Crippen LogP contribution in [-0.4, -0.2) is 59.8 Å². The summed E-state index contributed by atoms with van der Waals surface area (Å²) in [7, 11) is -3.72. The Hall–Kier alpha value is -2.65. The summed E-state index contributed by atoms with van der Waals surface area (Å²) in [6.45, 7) is 6.99. The van der Waals surface area contributed by atoms with E-state index in [1.54, 1.807) is 18.7 Å². The second-order valence-corrected chi connectivity index (χ2v) is 11.3. The molecule has 33 heavy (non-hydrogen) atoms. The SMILES string of the molecule is Cc1noc(C)c1S(=O)(=O)N1CCCN(C(=O)c2ccc3[nH]c4c(c3c2)C[C@H](C)CC4)CC1. The molecule has 2 aromatic heterocycles. The van der Waals surface area contributed by atoms with Crippen LogP contribution in [0.1, 0.15) is 52.8 Å². The van der Waals surface area contributed by atoms with E-state index >= 15 is 0 Å². The molecule has 1 aliphatic heterocycles. The second-order valence-electron chi connectivity index (χ2n) is 9.39. The molecule has 1 amide bonds. The molecule has 2 aliphatic rings. The Morgan fingerprint density at radius 3 is 2.76 bits per heavy atom. The number of rotatable bonds is 3. The number of benzene rings is 1. The average Bonchev–Trinajstić information content (AvgIpc) is 3.19. The molecule has 5 rings (SSSR count). The predicted octanol–water partition coefficient (Wildman–Crippen LogP) is 3.43. The minimum Gasteiger partial charge on any atom is -0.360 e. The highest BCUT2D eigenvalue weighted by molar-refractivity contribution is 7.89. The summed E-state index contributed by atoms with van der Waals surface area (Å²) in [5, 5.41) is 4.93. The van der Waals surface area contributed by atoms with Crippen LogP contribution in [0, 0.1) is 19.8 Å². The number of nitrogens with one attached hydrogen (secondary N) is 1. The molecule has 176 valence electrons. The molecule has 1 aliphatic carbocycles. The Bertz CT molecular complexity index is 1300. The number of amides is 1. The van der Waals surface area contributed by atoms with Crippen molar-refractivity contribution in [2.45, 2.75) is 51.3 Å². The summed E-state index contributed by atoms with van der Waals surface area (Å²) in [5.41, 5.74) is 4.73. The Morgan fingerprint density at radius 1 is 1.18 bits per heavy atom. The van der Waals surface area contributed by atoms with Gasteiger partial charge in [-0.25, -0.2) is 8.42 Å². The first-order valence-electron chi connectivity index (χ1n) is 11.6. The Labute approximate surface area is 194 Å². The van der Waals surface area contributed by atoms with E-state index in [9.17, 15) is 13.2 Å². The second kappa shape index (κ2) is 8.29. The minimum atomic E-state index is -3.72. The van der Waals surface area contributed by atoms with E-state index in [1.807, 2.05) is 18.2 Å². The summed E-state index contributed by atoms with van der Waals surface area (Å²) in [4.78, 5) is 18.8. The van der Waals surface area contributed by atoms with Crippen molar-refractivity contribution in [1.29, 1.82) is 0 Å². The van der Waals surface area contributed by atoms with E-state index in [-0.39, 0.29) is 17.3 Å². The van der Waals surface area contributed by atoms with E-state index in [0.29, 0.717) is 49.0 Å². The maximum atomic E-state index is 13.4. The number of carbonyl (C=O) groups excluding carboxylic acids is 1. The number of fused-ring (bicyclic) bond motifs is 3. The number of hydrogen-bond acceptors (Lipinski definition) is 5. The maximum Gasteiger partial charge on any atom is 0.253 e. The Balaban J connectivity index is 1.36. The lowest BCUT2D eigenvalue weighted by atomic mass is 9.87. The van der Waals surface area contributed by atoms with Crippen molar-refractivity contribution in [2.24, 2.45) is 5.92 Å². The number of H-pyrrole nitrogens is 1. The lowest BCUT2D eigenvalue weighted by Crippen LogP contribution is -2.37. The number of hydrogen-bond donors (Lipinski definition) is 1. The van der Waals surface area contributed by atoms with Crippen LogP contribution in [-0.2, 0) is 22.9 Å². The normalized spacial score (nSPS) is 20.1. The van der Waals surface area contributed by atoms with Gasteiger partial charge in [-0.1, -0.05) is 12.1 Å². The number of aryl methyl sites for hydroxylation is 3. The van der Waals surface area contributed by atoms with Crippen LogP contribution < -0.4 is 0 Å². The average molecular weight is 471 g/mol. The molecule has 9 heteroatoms. The van der Waals surface area contributed by atoms with Gasteiger partial charge in [0.05, 0.1) is 0 Å².